The van der Waals surface area contributed by atoms with Crippen molar-refractivity contribution in [3.63, 3.8) is 0 Å². The number of carbonyl (C=O) groups excluding carboxylic acids is 1. The van der Waals surface area contributed by atoms with E-state index in [0.29, 0.717) is 5.13 Å². The maximum atomic E-state index is 12.0. The zero-order chi connectivity index (χ0) is 13.7. The number of rotatable bonds is 6. The van der Waals surface area contributed by atoms with Gasteiger partial charge in [0, 0.05) is 6.42 Å². The van der Waals surface area contributed by atoms with Crippen LogP contribution in [0.25, 0.3) is 0 Å². The molecule has 0 spiro atoms. The molecule has 0 aliphatic rings. The first kappa shape index (κ1) is 13.6. The van der Waals surface area contributed by atoms with E-state index >= 15 is 0 Å². The van der Waals surface area contributed by atoms with Crippen molar-refractivity contribution in [3.8, 4) is 0 Å². The maximum Gasteiger partial charge on any atom is 0.250 e. The van der Waals surface area contributed by atoms with Crippen LogP contribution < -0.4 is 5.32 Å². The van der Waals surface area contributed by atoms with Crippen LogP contribution in [-0.4, -0.2) is 30.9 Å². The highest BCUT2D eigenvalue weighted by Gasteiger charge is 2.17. The molecule has 19 heavy (non-hydrogen) atoms. The summed E-state index contributed by atoms with van der Waals surface area (Å²) in [5.74, 6) is -0.177. The van der Waals surface area contributed by atoms with Crippen molar-refractivity contribution in [2.75, 3.05) is 5.32 Å². The van der Waals surface area contributed by atoms with Crippen molar-refractivity contribution >= 4 is 22.4 Å². The van der Waals surface area contributed by atoms with Gasteiger partial charge in [0.1, 0.15) is 23.7 Å². The minimum absolute atomic E-state index is 0.177. The Morgan fingerprint density at radius 2 is 2.37 bits per heavy atom. The Hall–Kier alpha value is -1.83. The average Bonchev–Trinajstić information content (AvgIpc) is 3.06. The Balaban J connectivity index is 1.93. The zero-order valence-corrected chi connectivity index (χ0v) is 11.7. The number of anilines is 1. The average molecular weight is 280 g/mol. The topological polar surface area (TPSA) is 85.6 Å². The molecule has 1 N–H and O–H groups in total. The molecule has 0 bridgehead atoms. The molecule has 0 saturated carbocycles. The van der Waals surface area contributed by atoms with Gasteiger partial charge >= 0.3 is 0 Å². The van der Waals surface area contributed by atoms with Crippen LogP contribution in [0.1, 0.15) is 37.7 Å². The van der Waals surface area contributed by atoms with Crippen LogP contribution >= 0.6 is 11.3 Å². The van der Waals surface area contributed by atoms with Crippen LogP contribution in [0.2, 0.25) is 0 Å². The Kier molecular flexibility index (Phi) is 4.56. The summed E-state index contributed by atoms with van der Waals surface area (Å²) < 4.78 is 1.49. The summed E-state index contributed by atoms with van der Waals surface area (Å²) in [4.78, 5) is 15.8. The van der Waals surface area contributed by atoms with Crippen molar-refractivity contribution in [3.05, 3.63) is 17.7 Å². The van der Waals surface area contributed by atoms with E-state index in [1.807, 2.05) is 0 Å². The van der Waals surface area contributed by atoms with Crippen molar-refractivity contribution in [2.24, 2.45) is 0 Å². The molecular weight excluding hydrogens is 264 g/mol. The number of nitrogens with zero attached hydrogens (tertiary/aromatic N) is 5. The molecule has 2 aromatic heterocycles. The van der Waals surface area contributed by atoms with E-state index < -0.39 is 6.04 Å². The monoisotopic (exact) mass is 280 g/mol. The molecule has 2 rings (SSSR count). The molecule has 0 radical (unpaired) electrons. The van der Waals surface area contributed by atoms with Gasteiger partial charge in [0.05, 0.1) is 0 Å². The molecule has 1 amide bonds. The second-order valence-electron chi connectivity index (χ2n) is 4.15. The number of aryl methyl sites for hydroxylation is 1. The third kappa shape index (κ3) is 3.57. The van der Waals surface area contributed by atoms with Gasteiger partial charge in [0.25, 0.3) is 5.91 Å². The molecule has 0 saturated heterocycles. The minimum Gasteiger partial charge on any atom is -0.299 e. The van der Waals surface area contributed by atoms with Gasteiger partial charge < -0.3 is 0 Å². The fraction of sp³-hybridized carbons (Fsp3) is 0.545. The van der Waals surface area contributed by atoms with Crippen LogP contribution in [0.4, 0.5) is 5.13 Å². The van der Waals surface area contributed by atoms with E-state index in [1.54, 1.807) is 6.92 Å². The van der Waals surface area contributed by atoms with E-state index in [2.05, 4.69) is 32.5 Å². The fourth-order valence-electron chi connectivity index (χ4n) is 1.48. The van der Waals surface area contributed by atoms with Gasteiger partial charge in [-0.05, 0) is 13.3 Å². The van der Waals surface area contributed by atoms with Crippen molar-refractivity contribution in [1.29, 1.82) is 0 Å². The highest BCUT2D eigenvalue weighted by atomic mass is 32.1. The van der Waals surface area contributed by atoms with Gasteiger partial charge in [0.2, 0.25) is 5.13 Å². The zero-order valence-electron chi connectivity index (χ0n) is 10.9. The number of aromatic nitrogens is 5. The first-order valence-corrected chi connectivity index (χ1v) is 6.99. The SMILES string of the molecule is CCCCc1nnc(NC(=O)[C@@H](C)n2cncn2)s1. The standard InChI is InChI=1S/C11H16N6OS/c1-3-4-5-9-15-16-11(19-9)14-10(18)8(2)17-7-12-6-13-17/h6-8H,3-5H2,1-2H3,(H,14,16,18)/t8-/m1/s1. The quantitative estimate of drug-likeness (QED) is 0.870. The summed E-state index contributed by atoms with van der Waals surface area (Å²) in [7, 11) is 0. The summed E-state index contributed by atoms with van der Waals surface area (Å²) in [5, 5.41) is 16.2. The first-order chi connectivity index (χ1) is 9.20. The highest BCUT2D eigenvalue weighted by molar-refractivity contribution is 7.15. The van der Waals surface area contributed by atoms with Crippen LogP contribution in [0.5, 0.6) is 0 Å². The van der Waals surface area contributed by atoms with Crippen molar-refractivity contribution in [2.45, 2.75) is 39.2 Å². The third-order valence-corrected chi connectivity index (χ3v) is 3.55. The van der Waals surface area contributed by atoms with Gasteiger partial charge in [-0.1, -0.05) is 24.7 Å². The molecular formula is C11H16N6OS. The number of unbranched alkanes of at least 4 members (excludes halogenated alkanes) is 1. The van der Waals surface area contributed by atoms with Gasteiger partial charge in [-0.15, -0.1) is 10.2 Å². The molecule has 8 heteroatoms. The number of hydrogen-bond donors (Lipinski definition) is 1. The molecule has 1 atom stereocenters. The van der Waals surface area contributed by atoms with Crippen LogP contribution in [0, 0.1) is 0 Å². The molecule has 102 valence electrons. The summed E-state index contributed by atoms with van der Waals surface area (Å²) in [6, 6.07) is -0.425. The molecule has 0 fully saturated rings. The fourth-order valence-corrected chi connectivity index (χ4v) is 2.27. The predicted molar refractivity (Wildman–Crippen MR) is 71.9 cm³/mol. The number of hydrogen-bond acceptors (Lipinski definition) is 6. The Morgan fingerprint density at radius 3 is 3.05 bits per heavy atom. The van der Waals surface area contributed by atoms with E-state index in [9.17, 15) is 4.79 Å². The first-order valence-electron chi connectivity index (χ1n) is 6.18. The Labute approximate surface area is 115 Å². The van der Waals surface area contributed by atoms with E-state index in [0.717, 1.165) is 24.3 Å². The van der Waals surface area contributed by atoms with Crippen molar-refractivity contribution in [1.82, 2.24) is 25.0 Å². The summed E-state index contributed by atoms with van der Waals surface area (Å²) in [6.07, 6.45) is 6.01. The lowest BCUT2D eigenvalue weighted by molar-refractivity contribution is -0.119. The molecule has 2 aromatic rings. The van der Waals surface area contributed by atoms with E-state index in [4.69, 9.17) is 0 Å². The molecule has 2 heterocycles. The number of nitrogens with one attached hydrogen (secondary N) is 1. The molecule has 0 aliphatic heterocycles. The molecule has 7 nitrogen and oxygen atoms in total. The molecule has 0 aliphatic carbocycles. The summed E-state index contributed by atoms with van der Waals surface area (Å²) in [5.41, 5.74) is 0. The van der Waals surface area contributed by atoms with Gasteiger partial charge in [-0.2, -0.15) is 5.10 Å². The summed E-state index contributed by atoms with van der Waals surface area (Å²) in [6.45, 7) is 3.88. The lowest BCUT2D eigenvalue weighted by atomic mass is 10.3. The Morgan fingerprint density at radius 1 is 1.53 bits per heavy atom. The Bertz CT molecular complexity index is 523. The predicted octanol–water partition coefficient (Wildman–Crippen LogP) is 1.67. The van der Waals surface area contributed by atoms with Crippen molar-refractivity contribution < 1.29 is 4.79 Å². The summed E-state index contributed by atoms with van der Waals surface area (Å²) >= 11 is 1.42. The second-order valence-corrected chi connectivity index (χ2v) is 5.21. The highest BCUT2D eigenvalue weighted by Crippen LogP contribution is 2.18. The number of carbonyl (C=O) groups is 1. The second kappa shape index (κ2) is 6.37. The van der Waals surface area contributed by atoms with Crippen LogP contribution in [0.3, 0.4) is 0 Å². The van der Waals surface area contributed by atoms with Gasteiger partial charge in [-0.3, -0.25) is 10.1 Å². The maximum absolute atomic E-state index is 12.0. The lowest BCUT2D eigenvalue weighted by Gasteiger charge is -2.09. The lowest BCUT2D eigenvalue weighted by Crippen LogP contribution is -2.23. The van der Waals surface area contributed by atoms with Gasteiger partial charge in [-0.25, -0.2) is 9.67 Å². The number of amides is 1. The largest absolute Gasteiger partial charge is 0.299 e. The third-order valence-electron chi connectivity index (χ3n) is 2.65. The normalized spacial score (nSPS) is 12.3. The van der Waals surface area contributed by atoms with Crippen LogP contribution in [-0.2, 0) is 11.2 Å². The van der Waals surface area contributed by atoms with E-state index in [1.165, 1.54) is 28.7 Å². The van der Waals surface area contributed by atoms with E-state index in [-0.39, 0.29) is 5.91 Å². The van der Waals surface area contributed by atoms with Gasteiger partial charge in [0.15, 0.2) is 0 Å². The smallest absolute Gasteiger partial charge is 0.250 e. The van der Waals surface area contributed by atoms with Crippen LogP contribution in [0.15, 0.2) is 12.7 Å². The molecule has 0 unspecified atom stereocenters. The molecule has 0 aromatic carbocycles. The minimum atomic E-state index is -0.425.